The largest absolute Gasteiger partial charge is 0.455 e. The quantitative estimate of drug-likeness (QED) is 0.175. The molecule has 0 unspecified atom stereocenters. The van der Waals surface area contributed by atoms with Crippen LogP contribution in [0.15, 0.2) is 191 Å². The van der Waals surface area contributed by atoms with Crippen molar-refractivity contribution in [3.05, 3.63) is 193 Å². The number of rotatable bonds is 5. The first kappa shape index (κ1) is 33.6. The third-order valence-corrected chi connectivity index (χ3v) is 12.3. The molecule has 59 heavy (non-hydrogen) atoms. The summed E-state index contributed by atoms with van der Waals surface area (Å²) in [6, 6.07) is 64.0. The fraction of sp³-hybridized carbons (Fsp3) is 0.0545. The van der Waals surface area contributed by atoms with Gasteiger partial charge in [-0.05, 0) is 63.7 Å². The van der Waals surface area contributed by atoms with Gasteiger partial charge in [0, 0.05) is 54.8 Å². The molecule has 1 aliphatic carbocycles. The number of hydrogen-bond acceptors (Lipinski definition) is 4. The van der Waals surface area contributed by atoms with Crippen LogP contribution in [0.2, 0.25) is 0 Å². The van der Waals surface area contributed by atoms with Gasteiger partial charge in [0.25, 0.3) is 0 Å². The van der Waals surface area contributed by atoms with E-state index in [9.17, 15) is 0 Å². The van der Waals surface area contributed by atoms with E-state index in [1.54, 1.807) is 0 Å². The summed E-state index contributed by atoms with van der Waals surface area (Å²) in [5.74, 6) is 0.691. The topological polar surface area (TPSA) is 52.1 Å². The van der Waals surface area contributed by atoms with Gasteiger partial charge in [-0.3, -0.25) is 0 Å². The number of hydrogen-bond donors (Lipinski definition) is 0. The van der Waals surface area contributed by atoms with Gasteiger partial charge in [-0.15, -0.1) is 0 Å². The highest BCUT2D eigenvalue weighted by molar-refractivity contribution is 6.10. The second kappa shape index (κ2) is 12.7. The molecule has 0 fully saturated rings. The lowest BCUT2D eigenvalue weighted by atomic mass is 9.82. The van der Waals surface area contributed by atoms with Crippen LogP contribution in [0, 0.1) is 0 Å². The van der Waals surface area contributed by atoms with E-state index in [1.807, 2.05) is 24.3 Å². The van der Waals surface area contributed by atoms with E-state index in [0.717, 1.165) is 94.2 Å². The molecule has 0 bridgehead atoms. The minimum absolute atomic E-state index is 0.152. The van der Waals surface area contributed by atoms with E-state index in [4.69, 9.17) is 18.8 Å². The van der Waals surface area contributed by atoms with Crippen LogP contribution in [0.3, 0.4) is 0 Å². The maximum Gasteiger partial charge on any atom is 0.161 e. The van der Waals surface area contributed by atoms with E-state index in [1.165, 1.54) is 22.3 Å². The average Bonchev–Trinajstić information content (AvgIpc) is 3.94. The number of benzene rings is 8. The van der Waals surface area contributed by atoms with Crippen molar-refractivity contribution in [3.63, 3.8) is 0 Å². The van der Waals surface area contributed by atoms with Gasteiger partial charge in [0.05, 0.1) is 11.4 Å². The summed E-state index contributed by atoms with van der Waals surface area (Å²) in [4.78, 5) is 10.9. The first-order valence-corrected chi connectivity index (χ1v) is 20.1. The molecular weight excluding hydrogens is 721 g/mol. The molecule has 3 aromatic heterocycles. The molecule has 0 saturated heterocycles. The summed E-state index contributed by atoms with van der Waals surface area (Å²) in [5, 5.41) is 4.44. The Labute approximate surface area is 341 Å². The normalized spacial score (nSPS) is 13.1. The Balaban J connectivity index is 1.06. The van der Waals surface area contributed by atoms with E-state index in [2.05, 4.69) is 172 Å². The zero-order valence-electron chi connectivity index (χ0n) is 32.5. The third-order valence-electron chi connectivity index (χ3n) is 12.3. The van der Waals surface area contributed by atoms with Crippen LogP contribution in [-0.2, 0) is 5.41 Å². The van der Waals surface area contributed by atoms with Gasteiger partial charge in [0.2, 0.25) is 0 Å². The molecular formula is C55H36N2O2. The monoisotopic (exact) mass is 756 g/mol. The molecule has 0 saturated carbocycles. The molecule has 1 aliphatic rings. The highest BCUT2D eigenvalue weighted by Gasteiger charge is 2.37. The predicted molar refractivity (Wildman–Crippen MR) is 241 cm³/mol. The molecule has 12 rings (SSSR count). The molecule has 4 nitrogen and oxygen atoms in total. The molecule has 0 radical (unpaired) electrons. The van der Waals surface area contributed by atoms with Crippen molar-refractivity contribution < 1.29 is 8.83 Å². The molecule has 278 valence electrons. The van der Waals surface area contributed by atoms with Crippen LogP contribution in [0.1, 0.15) is 25.0 Å². The van der Waals surface area contributed by atoms with Crippen molar-refractivity contribution in [1.29, 1.82) is 0 Å². The highest BCUT2D eigenvalue weighted by Crippen LogP contribution is 2.52. The molecule has 8 aromatic carbocycles. The molecule has 0 aliphatic heterocycles. The number of furan rings is 2. The van der Waals surface area contributed by atoms with Crippen molar-refractivity contribution >= 4 is 43.9 Å². The Morgan fingerprint density at radius 2 is 0.814 bits per heavy atom. The van der Waals surface area contributed by atoms with Gasteiger partial charge < -0.3 is 8.83 Å². The van der Waals surface area contributed by atoms with Crippen molar-refractivity contribution in [2.75, 3.05) is 0 Å². The van der Waals surface area contributed by atoms with E-state index < -0.39 is 0 Å². The minimum atomic E-state index is -0.152. The van der Waals surface area contributed by atoms with E-state index in [-0.39, 0.29) is 5.41 Å². The van der Waals surface area contributed by atoms with Gasteiger partial charge in [-0.1, -0.05) is 166 Å². The summed E-state index contributed by atoms with van der Waals surface area (Å²) >= 11 is 0. The maximum absolute atomic E-state index is 6.48. The second-order valence-corrected chi connectivity index (χ2v) is 16.1. The van der Waals surface area contributed by atoms with Crippen LogP contribution in [0.4, 0.5) is 0 Å². The highest BCUT2D eigenvalue weighted by atomic mass is 16.3. The summed E-state index contributed by atoms with van der Waals surface area (Å²) in [6.45, 7) is 4.62. The predicted octanol–water partition coefficient (Wildman–Crippen LogP) is 14.9. The first-order chi connectivity index (χ1) is 29.0. The Morgan fingerprint density at radius 1 is 0.373 bits per heavy atom. The molecule has 4 heteroatoms. The molecule has 0 amide bonds. The van der Waals surface area contributed by atoms with Crippen molar-refractivity contribution in [2.24, 2.45) is 0 Å². The van der Waals surface area contributed by atoms with Gasteiger partial charge in [-0.2, -0.15) is 0 Å². The zero-order valence-corrected chi connectivity index (χ0v) is 32.5. The van der Waals surface area contributed by atoms with Crippen LogP contribution in [-0.4, -0.2) is 9.97 Å². The average molecular weight is 757 g/mol. The van der Waals surface area contributed by atoms with Crippen molar-refractivity contribution in [3.8, 4) is 67.3 Å². The zero-order chi connectivity index (χ0) is 39.2. The van der Waals surface area contributed by atoms with Gasteiger partial charge in [-0.25, -0.2) is 9.97 Å². The van der Waals surface area contributed by atoms with Gasteiger partial charge in [0.1, 0.15) is 22.3 Å². The summed E-state index contributed by atoms with van der Waals surface area (Å²) in [7, 11) is 0. The Hall–Kier alpha value is -7.56. The third kappa shape index (κ3) is 5.16. The van der Waals surface area contributed by atoms with Crippen LogP contribution in [0.5, 0.6) is 0 Å². The Morgan fingerprint density at radius 3 is 1.42 bits per heavy atom. The molecule has 3 heterocycles. The number of nitrogens with zero attached hydrogens (tertiary/aromatic N) is 2. The fourth-order valence-corrected chi connectivity index (χ4v) is 9.45. The molecule has 11 aromatic rings. The number of fused-ring (bicyclic) bond motifs is 9. The van der Waals surface area contributed by atoms with Crippen LogP contribution >= 0.6 is 0 Å². The summed E-state index contributed by atoms with van der Waals surface area (Å²) < 4.78 is 13.0. The van der Waals surface area contributed by atoms with Crippen LogP contribution < -0.4 is 0 Å². The van der Waals surface area contributed by atoms with Gasteiger partial charge >= 0.3 is 0 Å². The summed E-state index contributed by atoms with van der Waals surface area (Å²) in [5.41, 5.74) is 17.3. The molecule has 0 N–H and O–H groups in total. The van der Waals surface area contributed by atoms with Crippen LogP contribution in [0.25, 0.3) is 111 Å². The SMILES string of the molecule is CC1(C)c2ccccc2-c2c(-c3nc(-c4cccc(-c5cccc6c5oc5ccccc56)c4)cc(-c4cccc(-c5cccc6c5oc5ccccc56)c4)n3)cccc21. The first-order valence-electron chi connectivity index (χ1n) is 20.1. The van der Waals surface area contributed by atoms with Gasteiger partial charge in [0.15, 0.2) is 5.82 Å². The number of para-hydroxylation sites is 4. The minimum Gasteiger partial charge on any atom is -0.455 e. The smallest absolute Gasteiger partial charge is 0.161 e. The standard InChI is InChI=1S/C55H36N2O2/c1-55(2)45-26-6-3-20-43(45)51-44(25-13-27-46(51)55)54-56-47(35-16-9-14-33(30-35)37-21-11-23-41-39-18-4-7-28-49(39)58-52(37)41)32-48(57-54)36-17-10-15-34(31-36)38-22-12-24-42-40-19-5-8-29-50(40)59-53(38)42/h3-32H,1-2H3. The van der Waals surface area contributed by atoms with E-state index >= 15 is 0 Å². The summed E-state index contributed by atoms with van der Waals surface area (Å²) in [6.07, 6.45) is 0. The second-order valence-electron chi connectivity index (χ2n) is 16.1. The fourth-order valence-electron chi connectivity index (χ4n) is 9.45. The molecule has 0 atom stereocenters. The van der Waals surface area contributed by atoms with E-state index in [0.29, 0.717) is 5.82 Å². The number of aromatic nitrogens is 2. The Kier molecular flexibility index (Phi) is 7.24. The lowest BCUT2D eigenvalue weighted by molar-refractivity contribution is 0.660. The van der Waals surface area contributed by atoms with Crippen molar-refractivity contribution in [2.45, 2.75) is 19.3 Å². The lowest BCUT2D eigenvalue weighted by Crippen LogP contribution is -2.14. The lowest BCUT2D eigenvalue weighted by Gasteiger charge is -2.21. The molecule has 0 spiro atoms. The Bertz CT molecular complexity index is 3320. The maximum atomic E-state index is 6.48. The van der Waals surface area contributed by atoms with Crippen molar-refractivity contribution in [1.82, 2.24) is 9.97 Å².